The predicted octanol–water partition coefficient (Wildman–Crippen LogP) is 1.49. The van der Waals surface area contributed by atoms with E-state index in [0.717, 1.165) is 38.3 Å². The van der Waals surface area contributed by atoms with Crippen molar-refractivity contribution in [1.82, 2.24) is 10.2 Å². The molecule has 2 fully saturated rings. The summed E-state index contributed by atoms with van der Waals surface area (Å²) in [6, 6.07) is 0.805. The third-order valence-electron chi connectivity index (χ3n) is 3.88. The Bertz CT molecular complexity index is 186. The van der Waals surface area contributed by atoms with Crippen molar-refractivity contribution in [3.05, 3.63) is 0 Å². The van der Waals surface area contributed by atoms with E-state index in [2.05, 4.69) is 17.1 Å². The van der Waals surface area contributed by atoms with Gasteiger partial charge in [-0.15, -0.1) is 0 Å². The molecule has 1 saturated heterocycles. The van der Waals surface area contributed by atoms with Gasteiger partial charge in [-0.25, -0.2) is 0 Å². The minimum Gasteiger partial charge on any atom is -0.379 e. The molecule has 2 rings (SSSR count). The zero-order chi connectivity index (χ0) is 11.2. The minimum atomic E-state index is 0.805. The highest BCUT2D eigenvalue weighted by Crippen LogP contribution is 2.24. The molecule has 2 aliphatic rings. The largest absolute Gasteiger partial charge is 0.379 e. The molecule has 0 aromatic rings. The molecule has 1 aliphatic heterocycles. The number of hydrogen-bond donors (Lipinski definition) is 1. The molecule has 1 saturated carbocycles. The fourth-order valence-electron chi connectivity index (χ4n) is 2.83. The van der Waals surface area contributed by atoms with Crippen LogP contribution < -0.4 is 5.32 Å². The second-order valence-corrected chi connectivity index (χ2v) is 5.38. The van der Waals surface area contributed by atoms with Gasteiger partial charge in [0.1, 0.15) is 0 Å². The zero-order valence-corrected chi connectivity index (χ0v) is 10.6. The zero-order valence-electron chi connectivity index (χ0n) is 10.6. The summed E-state index contributed by atoms with van der Waals surface area (Å²) >= 11 is 0. The molecule has 2 atom stereocenters. The van der Waals surface area contributed by atoms with Crippen molar-refractivity contribution in [1.29, 1.82) is 0 Å². The molecule has 3 nitrogen and oxygen atoms in total. The molecule has 0 bridgehead atoms. The molecule has 1 aliphatic carbocycles. The van der Waals surface area contributed by atoms with Crippen LogP contribution in [0.5, 0.6) is 0 Å². The van der Waals surface area contributed by atoms with Gasteiger partial charge in [0.05, 0.1) is 13.2 Å². The second-order valence-electron chi connectivity index (χ2n) is 5.38. The molecule has 1 heterocycles. The molecule has 0 radical (unpaired) electrons. The molecule has 0 aromatic heterocycles. The van der Waals surface area contributed by atoms with E-state index in [1.54, 1.807) is 0 Å². The van der Waals surface area contributed by atoms with Crippen molar-refractivity contribution in [3.63, 3.8) is 0 Å². The van der Waals surface area contributed by atoms with Gasteiger partial charge in [-0.1, -0.05) is 6.92 Å². The molecule has 0 spiro atoms. The van der Waals surface area contributed by atoms with E-state index in [9.17, 15) is 0 Å². The van der Waals surface area contributed by atoms with Gasteiger partial charge in [0, 0.05) is 19.1 Å². The second kappa shape index (κ2) is 6.58. The van der Waals surface area contributed by atoms with Gasteiger partial charge in [-0.2, -0.15) is 0 Å². The maximum Gasteiger partial charge on any atom is 0.0594 e. The van der Waals surface area contributed by atoms with Gasteiger partial charge >= 0.3 is 0 Å². The van der Waals surface area contributed by atoms with E-state index in [-0.39, 0.29) is 0 Å². The van der Waals surface area contributed by atoms with Crippen molar-refractivity contribution in [2.24, 2.45) is 5.92 Å². The van der Waals surface area contributed by atoms with E-state index in [1.807, 2.05) is 0 Å². The Morgan fingerprint density at radius 3 is 2.75 bits per heavy atom. The third-order valence-corrected chi connectivity index (χ3v) is 3.88. The lowest BCUT2D eigenvalue weighted by molar-refractivity contribution is 0.0374. The topological polar surface area (TPSA) is 24.5 Å². The normalized spacial score (nSPS) is 32.1. The van der Waals surface area contributed by atoms with Gasteiger partial charge in [-0.05, 0) is 44.7 Å². The fraction of sp³-hybridized carbons (Fsp3) is 1.00. The van der Waals surface area contributed by atoms with Crippen LogP contribution in [0.25, 0.3) is 0 Å². The quantitative estimate of drug-likeness (QED) is 0.719. The molecule has 94 valence electrons. The first-order valence-electron chi connectivity index (χ1n) is 6.88. The maximum atomic E-state index is 5.34. The van der Waals surface area contributed by atoms with E-state index >= 15 is 0 Å². The van der Waals surface area contributed by atoms with Crippen molar-refractivity contribution in [2.75, 3.05) is 39.4 Å². The Labute approximate surface area is 99.5 Å². The highest BCUT2D eigenvalue weighted by molar-refractivity contribution is 4.78. The van der Waals surface area contributed by atoms with Gasteiger partial charge in [0.25, 0.3) is 0 Å². The van der Waals surface area contributed by atoms with Crippen LogP contribution >= 0.6 is 0 Å². The molecular weight excluding hydrogens is 200 g/mol. The first-order chi connectivity index (χ1) is 7.84. The van der Waals surface area contributed by atoms with E-state index in [4.69, 9.17) is 4.74 Å². The Hall–Kier alpha value is -0.120. The van der Waals surface area contributed by atoms with Crippen LogP contribution in [0, 0.1) is 5.92 Å². The number of ether oxygens (including phenoxy) is 1. The standard InChI is InChI=1S/C13H26N2O/c1-12-3-4-13(11-12)14-5-2-6-15-7-9-16-10-8-15/h12-14H,2-11H2,1H3/t12-,13-/m1/s1. The summed E-state index contributed by atoms with van der Waals surface area (Å²) < 4.78 is 5.34. The van der Waals surface area contributed by atoms with Gasteiger partial charge < -0.3 is 10.1 Å². The van der Waals surface area contributed by atoms with Crippen molar-refractivity contribution in [2.45, 2.75) is 38.6 Å². The lowest BCUT2D eigenvalue weighted by atomic mass is 10.1. The Balaban J connectivity index is 1.48. The van der Waals surface area contributed by atoms with Gasteiger partial charge in [0.2, 0.25) is 0 Å². The van der Waals surface area contributed by atoms with Crippen LogP contribution in [-0.2, 0) is 4.74 Å². The summed E-state index contributed by atoms with van der Waals surface area (Å²) in [5.74, 6) is 0.941. The molecule has 1 N–H and O–H groups in total. The van der Waals surface area contributed by atoms with Crippen LogP contribution in [0.3, 0.4) is 0 Å². The van der Waals surface area contributed by atoms with Crippen LogP contribution in [-0.4, -0.2) is 50.3 Å². The summed E-state index contributed by atoms with van der Waals surface area (Å²) in [5.41, 5.74) is 0. The highest BCUT2D eigenvalue weighted by Gasteiger charge is 2.20. The lowest BCUT2D eigenvalue weighted by Crippen LogP contribution is -2.38. The molecule has 0 aromatic carbocycles. The van der Waals surface area contributed by atoms with Crippen LogP contribution in [0.4, 0.5) is 0 Å². The summed E-state index contributed by atoms with van der Waals surface area (Å²) in [7, 11) is 0. The number of rotatable bonds is 5. The third kappa shape index (κ3) is 4.04. The SMILES string of the molecule is C[C@@H]1CC[C@@H](NCCCN2CCOCC2)C1. The van der Waals surface area contributed by atoms with Crippen molar-refractivity contribution < 1.29 is 4.74 Å². The Kier molecular flexibility index (Phi) is 5.07. The maximum absolute atomic E-state index is 5.34. The van der Waals surface area contributed by atoms with Gasteiger partial charge in [-0.3, -0.25) is 4.90 Å². The van der Waals surface area contributed by atoms with Crippen LogP contribution in [0.2, 0.25) is 0 Å². The minimum absolute atomic E-state index is 0.805. The number of nitrogens with one attached hydrogen (secondary N) is 1. The first kappa shape index (κ1) is 12.3. The highest BCUT2D eigenvalue weighted by atomic mass is 16.5. The number of hydrogen-bond acceptors (Lipinski definition) is 3. The summed E-state index contributed by atoms with van der Waals surface area (Å²) in [4.78, 5) is 2.52. The van der Waals surface area contributed by atoms with Crippen molar-refractivity contribution in [3.8, 4) is 0 Å². The Morgan fingerprint density at radius 1 is 1.25 bits per heavy atom. The molecular formula is C13H26N2O. The predicted molar refractivity (Wildman–Crippen MR) is 66.7 cm³/mol. The smallest absolute Gasteiger partial charge is 0.0594 e. The fourth-order valence-corrected chi connectivity index (χ4v) is 2.83. The summed E-state index contributed by atoms with van der Waals surface area (Å²) in [6.45, 7) is 8.89. The van der Waals surface area contributed by atoms with Crippen LogP contribution in [0.1, 0.15) is 32.6 Å². The lowest BCUT2D eigenvalue weighted by Gasteiger charge is -2.26. The molecule has 3 heteroatoms. The van der Waals surface area contributed by atoms with E-state index < -0.39 is 0 Å². The monoisotopic (exact) mass is 226 g/mol. The first-order valence-corrected chi connectivity index (χ1v) is 6.88. The Morgan fingerprint density at radius 2 is 2.06 bits per heavy atom. The summed E-state index contributed by atoms with van der Waals surface area (Å²) in [6.07, 6.45) is 5.47. The number of nitrogens with zero attached hydrogens (tertiary/aromatic N) is 1. The van der Waals surface area contributed by atoms with Crippen molar-refractivity contribution >= 4 is 0 Å². The average molecular weight is 226 g/mol. The van der Waals surface area contributed by atoms with Gasteiger partial charge in [0.15, 0.2) is 0 Å². The molecule has 0 amide bonds. The number of morpholine rings is 1. The van der Waals surface area contributed by atoms with Crippen LogP contribution in [0.15, 0.2) is 0 Å². The summed E-state index contributed by atoms with van der Waals surface area (Å²) in [5, 5.41) is 3.69. The van der Waals surface area contributed by atoms with E-state index in [0.29, 0.717) is 0 Å². The molecule has 16 heavy (non-hydrogen) atoms. The van der Waals surface area contributed by atoms with E-state index in [1.165, 1.54) is 38.8 Å². The molecule has 0 unspecified atom stereocenters. The average Bonchev–Trinajstić information content (AvgIpc) is 2.72.